The number of nitrogens with one attached hydrogen (secondary N) is 1. The summed E-state index contributed by atoms with van der Waals surface area (Å²) in [6.07, 6.45) is 5.07. The van der Waals surface area contributed by atoms with Gasteiger partial charge in [0.15, 0.2) is 0 Å². The predicted octanol–water partition coefficient (Wildman–Crippen LogP) is 2.21. The molecule has 1 atom stereocenters. The molecule has 0 spiro atoms. The third-order valence-corrected chi connectivity index (χ3v) is 5.05. The highest BCUT2D eigenvalue weighted by Crippen LogP contribution is 2.31. The van der Waals surface area contributed by atoms with Gasteiger partial charge in [-0.05, 0) is 44.7 Å². The van der Waals surface area contributed by atoms with Gasteiger partial charge in [-0.25, -0.2) is 0 Å². The van der Waals surface area contributed by atoms with E-state index < -0.39 is 0 Å². The fourth-order valence-corrected chi connectivity index (χ4v) is 3.57. The van der Waals surface area contributed by atoms with Gasteiger partial charge in [-0.15, -0.1) is 0 Å². The minimum absolute atomic E-state index is 0.799. The quantitative estimate of drug-likeness (QED) is 0.874. The van der Waals surface area contributed by atoms with Crippen molar-refractivity contribution in [1.29, 1.82) is 0 Å². The minimum Gasteiger partial charge on any atom is -0.311 e. The molecule has 1 unspecified atom stereocenters. The molecular weight excluding hydrogens is 272 g/mol. The summed E-state index contributed by atoms with van der Waals surface area (Å²) in [6.45, 7) is 6.57. The molecule has 3 rings (SSSR count). The molecule has 0 radical (unpaired) electrons. The molecule has 1 aliphatic heterocycles. The Hall–Kier alpha value is -0.580. The van der Waals surface area contributed by atoms with Crippen LogP contribution >= 0.6 is 11.6 Å². The maximum atomic E-state index is 6.37. The van der Waals surface area contributed by atoms with Crippen LogP contribution in [0.4, 0.5) is 0 Å². The van der Waals surface area contributed by atoms with Crippen LogP contribution in [0, 0.1) is 5.92 Å². The van der Waals surface area contributed by atoms with Gasteiger partial charge in [0.25, 0.3) is 0 Å². The number of aryl methyl sites for hydroxylation is 2. The van der Waals surface area contributed by atoms with E-state index in [0.29, 0.717) is 0 Å². The van der Waals surface area contributed by atoms with Gasteiger partial charge in [-0.2, -0.15) is 5.10 Å². The Morgan fingerprint density at radius 3 is 2.80 bits per heavy atom. The maximum absolute atomic E-state index is 6.37. The normalized spacial score (nSPS) is 23.6. The van der Waals surface area contributed by atoms with Crippen LogP contribution < -0.4 is 5.32 Å². The molecule has 2 heterocycles. The van der Waals surface area contributed by atoms with Crippen molar-refractivity contribution in [2.24, 2.45) is 13.0 Å². The van der Waals surface area contributed by atoms with Crippen LogP contribution in [-0.4, -0.2) is 40.4 Å². The number of rotatable bonds is 6. The summed E-state index contributed by atoms with van der Waals surface area (Å²) in [5.74, 6) is 0.799. The SMILES string of the molecule is CCc1nn(C)c(CNCC2CCN(C3CC3)C2)c1Cl. The van der Waals surface area contributed by atoms with Crippen molar-refractivity contribution < 1.29 is 0 Å². The molecule has 5 heteroatoms. The van der Waals surface area contributed by atoms with Crippen LogP contribution in [0.15, 0.2) is 0 Å². The van der Waals surface area contributed by atoms with Crippen molar-refractivity contribution in [2.45, 2.75) is 45.2 Å². The van der Waals surface area contributed by atoms with Gasteiger partial charge in [-0.3, -0.25) is 4.68 Å². The molecule has 112 valence electrons. The lowest BCUT2D eigenvalue weighted by Crippen LogP contribution is -2.28. The van der Waals surface area contributed by atoms with Gasteiger partial charge in [0.1, 0.15) is 0 Å². The molecule has 20 heavy (non-hydrogen) atoms. The number of nitrogens with zero attached hydrogens (tertiary/aromatic N) is 3. The fraction of sp³-hybridized carbons (Fsp3) is 0.800. The van der Waals surface area contributed by atoms with Crippen LogP contribution in [0.2, 0.25) is 5.02 Å². The molecule has 4 nitrogen and oxygen atoms in total. The zero-order valence-corrected chi connectivity index (χ0v) is 13.3. The lowest BCUT2D eigenvalue weighted by molar-refractivity contribution is 0.311. The first-order chi connectivity index (χ1) is 9.69. The Morgan fingerprint density at radius 1 is 1.35 bits per heavy atom. The van der Waals surface area contributed by atoms with Gasteiger partial charge in [0, 0.05) is 26.2 Å². The second-order valence-electron chi connectivity index (χ2n) is 6.20. The summed E-state index contributed by atoms with van der Waals surface area (Å²) < 4.78 is 1.92. The molecule has 1 aromatic heterocycles. The monoisotopic (exact) mass is 296 g/mol. The number of hydrogen-bond donors (Lipinski definition) is 1. The van der Waals surface area contributed by atoms with Gasteiger partial charge in [-0.1, -0.05) is 18.5 Å². The van der Waals surface area contributed by atoms with E-state index in [1.165, 1.54) is 32.4 Å². The molecule has 1 saturated carbocycles. The third kappa shape index (κ3) is 3.02. The first-order valence-electron chi connectivity index (χ1n) is 7.84. The summed E-state index contributed by atoms with van der Waals surface area (Å²) in [5, 5.41) is 8.87. The zero-order valence-electron chi connectivity index (χ0n) is 12.5. The smallest absolute Gasteiger partial charge is 0.0863 e. The summed E-state index contributed by atoms with van der Waals surface area (Å²) in [7, 11) is 1.98. The van der Waals surface area contributed by atoms with Crippen molar-refractivity contribution in [3.63, 3.8) is 0 Å². The second-order valence-corrected chi connectivity index (χ2v) is 6.57. The van der Waals surface area contributed by atoms with Crippen LogP contribution in [0.3, 0.4) is 0 Å². The van der Waals surface area contributed by atoms with Gasteiger partial charge in [0.05, 0.1) is 16.4 Å². The van der Waals surface area contributed by atoms with Crippen molar-refractivity contribution in [3.8, 4) is 0 Å². The van der Waals surface area contributed by atoms with E-state index in [-0.39, 0.29) is 0 Å². The average molecular weight is 297 g/mol. The number of halogens is 1. The Labute approximate surface area is 126 Å². The zero-order chi connectivity index (χ0) is 14.1. The van der Waals surface area contributed by atoms with Crippen LogP contribution in [0.25, 0.3) is 0 Å². The summed E-state index contributed by atoms with van der Waals surface area (Å²) in [4.78, 5) is 2.67. The number of aromatic nitrogens is 2. The molecular formula is C15H25ClN4. The summed E-state index contributed by atoms with van der Waals surface area (Å²) >= 11 is 6.37. The molecule has 1 saturated heterocycles. The first kappa shape index (κ1) is 14.4. The van der Waals surface area contributed by atoms with E-state index in [2.05, 4.69) is 22.2 Å². The Kier molecular flexibility index (Phi) is 4.34. The molecule has 1 aliphatic carbocycles. The van der Waals surface area contributed by atoms with Gasteiger partial charge in [0.2, 0.25) is 0 Å². The van der Waals surface area contributed by atoms with Crippen molar-refractivity contribution >= 4 is 11.6 Å². The highest BCUT2D eigenvalue weighted by molar-refractivity contribution is 6.31. The van der Waals surface area contributed by atoms with E-state index in [1.807, 2.05) is 11.7 Å². The Balaban J connectivity index is 1.47. The highest BCUT2D eigenvalue weighted by atomic mass is 35.5. The van der Waals surface area contributed by atoms with E-state index in [4.69, 9.17) is 11.6 Å². The lowest BCUT2D eigenvalue weighted by atomic mass is 10.1. The maximum Gasteiger partial charge on any atom is 0.0863 e. The fourth-order valence-electron chi connectivity index (χ4n) is 3.21. The standard InChI is InChI=1S/C15H25ClN4/c1-3-13-15(16)14(19(2)18-13)9-17-8-11-6-7-20(10-11)12-4-5-12/h11-12,17H,3-10H2,1-2H3. The van der Waals surface area contributed by atoms with Gasteiger partial charge < -0.3 is 10.2 Å². The summed E-state index contributed by atoms with van der Waals surface area (Å²) in [6, 6.07) is 0.915. The van der Waals surface area contributed by atoms with E-state index >= 15 is 0 Å². The van der Waals surface area contributed by atoms with E-state index in [9.17, 15) is 0 Å². The summed E-state index contributed by atoms with van der Waals surface area (Å²) in [5.41, 5.74) is 2.12. The molecule has 0 aromatic carbocycles. The third-order valence-electron chi connectivity index (χ3n) is 4.61. The molecule has 0 bridgehead atoms. The molecule has 1 N–H and O–H groups in total. The number of likely N-dealkylation sites (tertiary alicyclic amines) is 1. The van der Waals surface area contributed by atoms with E-state index in [1.54, 1.807) is 0 Å². The average Bonchev–Trinajstić information content (AvgIpc) is 3.13. The largest absolute Gasteiger partial charge is 0.311 e. The topological polar surface area (TPSA) is 33.1 Å². The van der Waals surface area contributed by atoms with Gasteiger partial charge >= 0.3 is 0 Å². The molecule has 0 amide bonds. The van der Waals surface area contributed by atoms with E-state index in [0.717, 1.165) is 47.9 Å². The highest BCUT2D eigenvalue weighted by Gasteiger charge is 2.34. The molecule has 2 fully saturated rings. The lowest BCUT2D eigenvalue weighted by Gasteiger charge is -2.15. The second kappa shape index (κ2) is 6.04. The van der Waals surface area contributed by atoms with Crippen LogP contribution in [-0.2, 0) is 20.0 Å². The molecule has 2 aliphatic rings. The van der Waals surface area contributed by atoms with Crippen LogP contribution in [0.5, 0.6) is 0 Å². The molecule has 1 aromatic rings. The van der Waals surface area contributed by atoms with Crippen LogP contribution in [0.1, 0.15) is 37.6 Å². The number of hydrogen-bond acceptors (Lipinski definition) is 3. The Bertz CT molecular complexity index is 467. The first-order valence-corrected chi connectivity index (χ1v) is 8.21. The van der Waals surface area contributed by atoms with Crippen molar-refractivity contribution in [1.82, 2.24) is 20.0 Å². The Morgan fingerprint density at radius 2 is 2.15 bits per heavy atom. The van der Waals surface area contributed by atoms with Crippen molar-refractivity contribution in [3.05, 3.63) is 16.4 Å². The van der Waals surface area contributed by atoms with Crippen molar-refractivity contribution in [2.75, 3.05) is 19.6 Å². The predicted molar refractivity (Wildman–Crippen MR) is 82.0 cm³/mol. The minimum atomic E-state index is 0.799.